The van der Waals surface area contributed by atoms with E-state index < -0.39 is 5.97 Å². The quantitative estimate of drug-likeness (QED) is 0.361. The highest BCUT2D eigenvalue weighted by Crippen LogP contribution is 2.44. The lowest BCUT2D eigenvalue weighted by Gasteiger charge is -2.12. The highest BCUT2D eigenvalue weighted by Gasteiger charge is 2.28. The fourth-order valence-corrected chi connectivity index (χ4v) is 4.11. The molecule has 4 aromatic rings. The van der Waals surface area contributed by atoms with Crippen LogP contribution in [-0.2, 0) is 17.8 Å². The molecule has 1 aliphatic rings. The van der Waals surface area contributed by atoms with Crippen LogP contribution >= 0.6 is 0 Å². The molecule has 1 saturated carbocycles. The van der Waals surface area contributed by atoms with Crippen LogP contribution in [0.3, 0.4) is 0 Å². The van der Waals surface area contributed by atoms with Crippen LogP contribution < -0.4 is 11.1 Å². The smallest absolute Gasteiger partial charge is 0.307 e. The van der Waals surface area contributed by atoms with E-state index in [9.17, 15) is 14.7 Å². The average Bonchev–Trinajstić information content (AvgIpc) is 3.58. The third-order valence-electron chi connectivity index (χ3n) is 5.96. The Labute approximate surface area is 191 Å². The van der Waals surface area contributed by atoms with Crippen LogP contribution in [0, 0.1) is 0 Å². The van der Waals surface area contributed by atoms with E-state index in [1.807, 2.05) is 42.5 Å². The molecular weight excluding hydrogens is 416 g/mol. The summed E-state index contributed by atoms with van der Waals surface area (Å²) >= 11 is 0. The lowest BCUT2D eigenvalue weighted by atomic mass is 9.98. The first-order valence-corrected chi connectivity index (χ1v) is 11.0. The Morgan fingerprint density at radius 1 is 1.03 bits per heavy atom. The summed E-state index contributed by atoms with van der Waals surface area (Å²) in [5, 5.41) is 12.9. The van der Waals surface area contributed by atoms with E-state index in [1.54, 1.807) is 24.3 Å². The predicted molar refractivity (Wildman–Crippen MR) is 127 cm³/mol. The van der Waals surface area contributed by atoms with Crippen LogP contribution in [0.25, 0.3) is 22.1 Å². The van der Waals surface area contributed by atoms with E-state index in [0.29, 0.717) is 29.3 Å². The second kappa shape index (κ2) is 8.56. The number of amides is 1. The maximum atomic E-state index is 13.2. The number of anilines is 1. The van der Waals surface area contributed by atoms with Crippen molar-refractivity contribution in [1.82, 2.24) is 0 Å². The van der Waals surface area contributed by atoms with Gasteiger partial charge in [-0.3, -0.25) is 9.59 Å². The van der Waals surface area contributed by atoms with Gasteiger partial charge in [-0.1, -0.05) is 36.4 Å². The number of hydrogen-bond acceptors (Lipinski definition) is 4. The molecule has 0 aliphatic heterocycles. The van der Waals surface area contributed by atoms with E-state index in [-0.39, 0.29) is 12.3 Å². The van der Waals surface area contributed by atoms with Crippen molar-refractivity contribution in [2.24, 2.45) is 5.73 Å². The minimum atomic E-state index is -0.953. The zero-order valence-corrected chi connectivity index (χ0v) is 18.0. The molecule has 1 amide bonds. The number of carbonyl (C=O) groups excluding carboxylic acids is 1. The predicted octanol–water partition coefficient (Wildman–Crippen LogP) is 5.32. The highest BCUT2D eigenvalue weighted by molar-refractivity contribution is 6.09. The summed E-state index contributed by atoms with van der Waals surface area (Å²) in [5.41, 5.74) is 10.9. The molecule has 6 nitrogen and oxygen atoms in total. The molecule has 3 aromatic carbocycles. The van der Waals surface area contributed by atoms with Crippen LogP contribution in [0.1, 0.15) is 46.0 Å². The summed E-state index contributed by atoms with van der Waals surface area (Å²) < 4.78 is 6.24. The molecule has 6 heteroatoms. The van der Waals surface area contributed by atoms with Crippen molar-refractivity contribution in [3.8, 4) is 11.1 Å². The summed E-state index contributed by atoms with van der Waals surface area (Å²) in [6.07, 6.45) is 2.07. The highest BCUT2D eigenvalue weighted by atomic mass is 16.4. The van der Waals surface area contributed by atoms with Gasteiger partial charge in [0.05, 0.1) is 6.42 Å². The number of aliphatic carboxylic acids is 1. The van der Waals surface area contributed by atoms with Crippen molar-refractivity contribution >= 4 is 28.5 Å². The minimum absolute atomic E-state index is 0.168. The van der Waals surface area contributed by atoms with Crippen molar-refractivity contribution in [2.75, 3.05) is 5.32 Å². The molecule has 0 bridgehead atoms. The van der Waals surface area contributed by atoms with Gasteiger partial charge in [-0.15, -0.1) is 0 Å². The van der Waals surface area contributed by atoms with E-state index >= 15 is 0 Å². The number of furan rings is 1. The number of carbonyl (C=O) groups is 2. The Hall–Kier alpha value is -3.90. The van der Waals surface area contributed by atoms with Crippen LogP contribution in [-0.4, -0.2) is 17.0 Å². The number of carboxylic acids is 1. The molecule has 1 heterocycles. The first-order valence-electron chi connectivity index (χ1n) is 11.0. The number of nitrogens with one attached hydrogen (secondary N) is 1. The molecule has 33 heavy (non-hydrogen) atoms. The number of carboxylic acid groups (broad SMARTS) is 1. The van der Waals surface area contributed by atoms with E-state index in [0.717, 1.165) is 46.3 Å². The molecule has 1 fully saturated rings. The third-order valence-corrected chi connectivity index (χ3v) is 5.96. The van der Waals surface area contributed by atoms with Crippen molar-refractivity contribution in [2.45, 2.75) is 31.7 Å². The first kappa shape index (κ1) is 21.0. The van der Waals surface area contributed by atoms with Crippen molar-refractivity contribution in [3.63, 3.8) is 0 Å². The fraction of sp³-hybridized carbons (Fsp3) is 0.185. The molecule has 166 valence electrons. The van der Waals surface area contributed by atoms with Gasteiger partial charge in [0.2, 0.25) is 0 Å². The zero-order chi connectivity index (χ0) is 22.9. The summed E-state index contributed by atoms with van der Waals surface area (Å²) in [4.78, 5) is 24.5. The van der Waals surface area contributed by atoms with Crippen molar-refractivity contribution < 1.29 is 19.1 Å². The summed E-state index contributed by atoms with van der Waals surface area (Å²) in [6.45, 7) is 0.420. The SMILES string of the molecule is NCc1cccc(-c2cc(C(=O)Nc3ccccc3CC(=O)O)cc3cc(C4CC4)oc23)c1. The Balaban J connectivity index is 1.57. The molecular formula is C27H24N2O4. The van der Waals surface area contributed by atoms with Gasteiger partial charge in [-0.2, -0.15) is 0 Å². The number of para-hydroxylation sites is 1. The maximum absolute atomic E-state index is 13.2. The fourth-order valence-electron chi connectivity index (χ4n) is 4.11. The Morgan fingerprint density at radius 3 is 2.61 bits per heavy atom. The number of fused-ring (bicyclic) bond motifs is 1. The number of nitrogens with two attached hydrogens (primary N) is 1. The maximum Gasteiger partial charge on any atom is 0.307 e. The third kappa shape index (κ3) is 4.38. The lowest BCUT2D eigenvalue weighted by molar-refractivity contribution is -0.136. The van der Waals surface area contributed by atoms with Gasteiger partial charge in [-0.05, 0) is 59.9 Å². The van der Waals surface area contributed by atoms with Gasteiger partial charge in [-0.25, -0.2) is 0 Å². The topological polar surface area (TPSA) is 106 Å². The van der Waals surface area contributed by atoms with Gasteiger partial charge >= 0.3 is 5.97 Å². The van der Waals surface area contributed by atoms with Crippen molar-refractivity contribution in [1.29, 1.82) is 0 Å². The monoisotopic (exact) mass is 440 g/mol. The Morgan fingerprint density at radius 2 is 1.85 bits per heavy atom. The lowest BCUT2D eigenvalue weighted by Crippen LogP contribution is -2.14. The largest absolute Gasteiger partial charge is 0.481 e. The summed E-state index contributed by atoms with van der Waals surface area (Å²) in [7, 11) is 0. The van der Waals surface area contributed by atoms with Gasteiger partial charge in [0.15, 0.2) is 0 Å². The van der Waals surface area contributed by atoms with Crippen LogP contribution in [0.5, 0.6) is 0 Å². The van der Waals surface area contributed by atoms with Gasteiger partial charge in [0.25, 0.3) is 5.91 Å². The van der Waals surface area contributed by atoms with E-state index in [1.165, 1.54) is 0 Å². The average molecular weight is 440 g/mol. The molecule has 5 rings (SSSR count). The van der Waals surface area contributed by atoms with Gasteiger partial charge in [0.1, 0.15) is 11.3 Å². The molecule has 0 radical (unpaired) electrons. The first-order chi connectivity index (χ1) is 16.0. The van der Waals surface area contributed by atoms with Crippen LogP contribution in [0.15, 0.2) is 71.1 Å². The van der Waals surface area contributed by atoms with Crippen LogP contribution in [0.4, 0.5) is 5.69 Å². The van der Waals surface area contributed by atoms with Crippen LogP contribution in [0.2, 0.25) is 0 Å². The Bertz CT molecular complexity index is 1370. The molecule has 0 spiro atoms. The number of benzene rings is 3. The minimum Gasteiger partial charge on any atom is -0.481 e. The summed E-state index contributed by atoms with van der Waals surface area (Å²) in [6, 6.07) is 20.5. The Kier molecular flexibility index (Phi) is 5.44. The molecule has 1 aromatic heterocycles. The van der Waals surface area contributed by atoms with E-state index in [4.69, 9.17) is 10.2 Å². The normalized spacial score (nSPS) is 13.2. The van der Waals surface area contributed by atoms with Gasteiger partial charge in [0, 0.05) is 34.7 Å². The zero-order valence-electron chi connectivity index (χ0n) is 18.0. The molecule has 4 N–H and O–H groups in total. The molecule has 0 saturated heterocycles. The number of rotatable bonds is 7. The second-order valence-electron chi connectivity index (χ2n) is 8.45. The molecule has 0 unspecified atom stereocenters. The molecule has 1 aliphatic carbocycles. The van der Waals surface area contributed by atoms with Crippen molar-refractivity contribution in [3.05, 3.63) is 89.2 Å². The standard InChI is InChI=1S/C27H24N2O4/c28-15-16-4-3-6-18(10-16)22-12-21(11-20-13-24(17-8-9-17)33-26(20)22)27(32)29-23-7-2-1-5-19(23)14-25(30)31/h1-7,10-13,17H,8-9,14-15,28H2,(H,29,32)(H,30,31). The second-order valence-corrected chi connectivity index (χ2v) is 8.45. The number of hydrogen-bond donors (Lipinski definition) is 3. The summed E-state index contributed by atoms with van der Waals surface area (Å²) in [5.74, 6) is 0.137. The molecule has 0 atom stereocenters. The van der Waals surface area contributed by atoms with Gasteiger partial charge < -0.3 is 20.6 Å². The van der Waals surface area contributed by atoms with E-state index in [2.05, 4.69) is 5.32 Å².